The van der Waals surface area contributed by atoms with Crippen molar-refractivity contribution in [3.63, 3.8) is 0 Å². The van der Waals surface area contributed by atoms with Crippen molar-refractivity contribution in [2.45, 2.75) is 0 Å². The summed E-state index contributed by atoms with van der Waals surface area (Å²) >= 11 is 6.37. The fraction of sp³-hybridized carbons (Fsp3) is 0. The van der Waals surface area contributed by atoms with Crippen molar-refractivity contribution in [2.24, 2.45) is 0 Å². The molecule has 0 heterocycles. The number of aldehydes is 1. The molecule has 0 unspecified atom stereocenters. The number of allylic oxidation sites excluding steroid dienone is 1. The van der Waals surface area contributed by atoms with E-state index in [0.717, 1.165) is 5.56 Å². The second kappa shape index (κ2) is 4.58. The summed E-state index contributed by atoms with van der Waals surface area (Å²) in [5, 5.41) is 9.37. The van der Waals surface area contributed by atoms with Gasteiger partial charge < -0.3 is 5.11 Å². The van der Waals surface area contributed by atoms with E-state index in [0.29, 0.717) is 15.2 Å². The highest BCUT2D eigenvalue weighted by Crippen LogP contribution is 2.33. The van der Waals surface area contributed by atoms with Crippen LogP contribution in [0.3, 0.4) is 0 Å². The summed E-state index contributed by atoms with van der Waals surface area (Å²) in [5.74, 6) is 0.156. The van der Waals surface area contributed by atoms with Gasteiger partial charge in [0, 0.05) is 0 Å². The Hall–Kier alpha value is -0.610. The van der Waals surface area contributed by atoms with Gasteiger partial charge >= 0.3 is 0 Å². The summed E-state index contributed by atoms with van der Waals surface area (Å²) in [4.78, 5) is 10.1. The molecule has 1 N–H and O–H groups in total. The van der Waals surface area contributed by atoms with Crippen molar-refractivity contribution < 1.29 is 9.90 Å². The predicted molar refractivity (Wildman–Crippen MR) is 58.6 cm³/mol. The summed E-state index contributed by atoms with van der Waals surface area (Å²) in [6.45, 7) is 0. The average Bonchev–Trinajstić information content (AvgIpc) is 2.10. The van der Waals surface area contributed by atoms with Crippen LogP contribution < -0.4 is 0 Å². The van der Waals surface area contributed by atoms with Crippen LogP contribution in [0.5, 0.6) is 5.75 Å². The van der Waals surface area contributed by atoms with E-state index in [1.54, 1.807) is 18.2 Å². The van der Waals surface area contributed by atoms with Crippen molar-refractivity contribution >= 4 is 44.2 Å². The molecular formula is C9H6Br2O2. The first kappa shape index (κ1) is 10.5. The van der Waals surface area contributed by atoms with E-state index in [9.17, 15) is 9.90 Å². The maximum Gasteiger partial charge on any atom is 0.143 e. The summed E-state index contributed by atoms with van der Waals surface area (Å²) in [7, 11) is 0. The van der Waals surface area contributed by atoms with Gasteiger partial charge in [-0.2, -0.15) is 0 Å². The Morgan fingerprint density at radius 3 is 2.23 bits per heavy atom. The Morgan fingerprint density at radius 2 is 1.77 bits per heavy atom. The van der Waals surface area contributed by atoms with Crippen LogP contribution in [0.2, 0.25) is 0 Å². The van der Waals surface area contributed by atoms with Crippen molar-refractivity contribution in [3.05, 3.63) is 32.7 Å². The van der Waals surface area contributed by atoms with E-state index in [-0.39, 0.29) is 5.75 Å². The van der Waals surface area contributed by atoms with Crippen molar-refractivity contribution in [1.29, 1.82) is 0 Å². The second-order valence-corrected chi connectivity index (χ2v) is 4.04. The van der Waals surface area contributed by atoms with Crippen molar-refractivity contribution in [1.82, 2.24) is 0 Å². The number of aromatic hydroxyl groups is 1. The van der Waals surface area contributed by atoms with Crippen LogP contribution in [-0.4, -0.2) is 11.4 Å². The number of benzene rings is 1. The Morgan fingerprint density at radius 1 is 1.23 bits per heavy atom. The number of phenols is 1. The third kappa shape index (κ3) is 2.67. The summed E-state index contributed by atoms with van der Waals surface area (Å²) in [5.41, 5.74) is 0.837. The fourth-order valence-corrected chi connectivity index (χ4v) is 2.05. The molecule has 13 heavy (non-hydrogen) atoms. The first-order valence-electron chi connectivity index (χ1n) is 3.45. The molecule has 1 aromatic rings. The van der Waals surface area contributed by atoms with E-state index < -0.39 is 0 Å². The molecule has 68 valence electrons. The number of rotatable bonds is 2. The van der Waals surface area contributed by atoms with E-state index in [1.807, 2.05) is 0 Å². The van der Waals surface area contributed by atoms with Crippen LogP contribution in [0.15, 0.2) is 27.2 Å². The molecule has 0 spiro atoms. The van der Waals surface area contributed by atoms with Crippen molar-refractivity contribution in [3.8, 4) is 5.75 Å². The normalized spacial score (nSPS) is 10.6. The van der Waals surface area contributed by atoms with Crippen LogP contribution >= 0.6 is 31.9 Å². The van der Waals surface area contributed by atoms with Gasteiger partial charge in [-0.3, -0.25) is 4.79 Å². The lowest BCUT2D eigenvalue weighted by Crippen LogP contribution is -1.77. The Labute approximate surface area is 92.5 Å². The van der Waals surface area contributed by atoms with Crippen LogP contribution in [0.4, 0.5) is 0 Å². The molecule has 1 aromatic carbocycles. The van der Waals surface area contributed by atoms with Gasteiger partial charge in [0.05, 0.1) is 8.95 Å². The molecule has 0 amide bonds. The quantitative estimate of drug-likeness (QED) is 0.673. The highest BCUT2D eigenvalue weighted by atomic mass is 79.9. The van der Waals surface area contributed by atoms with E-state index in [2.05, 4.69) is 31.9 Å². The van der Waals surface area contributed by atoms with Crippen LogP contribution in [0, 0.1) is 0 Å². The highest BCUT2D eigenvalue weighted by Gasteiger charge is 2.03. The average molecular weight is 306 g/mol. The maximum atomic E-state index is 10.1. The molecule has 0 aliphatic heterocycles. The molecule has 2 nitrogen and oxygen atoms in total. The van der Waals surface area contributed by atoms with Crippen LogP contribution in [0.25, 0.3) is 6.08 Å². The van der Waals surface area contributed by atoms with Gasteiger partial charge in [0.15, 0.2) is 0 Å². The zero-order valence-electron chi connectivity index (χ0n) is 6.50. The maximum absolute atomic E-state index is 10.1. The zero-order valence-corrected chi connectivity index (χ0v) is 9.67. The molecule has 1 rings (SSSR count). The first-order valence-corrected chi connectivity index (χ1v) is 5.03. The second-order valence-electron chi connectivity index (χ2n) is 2.33. The molecule has 0 atom stereocenters. The number of hydrogen-bond donors (Lipinski definition) is 1. The Balaban J connectivity index is 3.12. The standard InChI is InChI=1S/C9H6Br2O2/c10-7-4-6(2-1-3-12)5-8(11)9(7)13/h1-5,13H. The third-order valence-corrected chi connectivity index (χ3v) is 2.62. The lowest BCUT2D eigenvalue weighted by atomic mass is 10.2. The molecule has 0 aliphatic carbocycles. The third-order valence-electron chi connectivity index (χ3n) is 1.41. The van der Waals surface area contributed by atoms with Crippen LogP contribution in [0.1, 0.15) is 5.56 Å². The number of phenolic OH excluding ortho intramolecular Hbond substituents is 1. The lowest BCUT2D eigenvalue weighted by molar-refractivity contribution is -0.104. The molecule has 0 aromatic heterocycles. The summed E-state index contributed by atoms with van der Waals surface area (Å²) in [6, 6.07) is 3.44. The predicted octanol–water partition coefficient (Wildman–Crippen LogP) is 3.13. The molecule has 0 saturated carbocycles. The van der Waals surface area contributed by atoms with Crippen LogP contribution in [-0.2, 0) is 4.79 Å². The number of carbonyl (C=O) groups excluding carboxylic acids is 1. The van der Waals surface area contributed by atoms with E-state index >= 15 is 0 Å². The van der Waals surface area contributed by atoms with Crippen molar-refractivity contribution in [2.75, 3.05) is 0 Å². The summed E-state index contributed by atoms with van der Waals surface area (Å²) in [6.07, 6.45) is 3.75. The van der Waals surface area contributed by atoms with Gasteiger partial charge in [0.25, 0.3) is 0 Å². The minimum Gasteiger partial charge on any atom is -0.506 e. The molecule has 0 bridgehead atoms. The molecule has 0 saturated heterocycles. The monoisotopic (exact) mass is 304 g/mol. The number of halogens is 2. The van der Waals surface area contributed by atoms with Gasteiger partial charge in [-0.25, -0.2) is 0 Å². The van der Waals surface area contributed by atoms with Gasteiger partial charge in [-0.15, -0.1) is 0 Å². The zero-order chi connectivity index (χ0) is 9.84. The SMILES string of the molecule is O=CC=Cc1cc(Br)c(O)c(Br)c1. The summed E-state index contributed by atoms with van der Waals surface area (Å²) < 4.78 is 1.18. The van der Waals surface area contributed by atoms with Gasteiger partial charge in [0.2, 0.25) is 0 Å². The molecule has 4 heteroatoms. The Kier molecular flexibility index (Phi) is 3.69. The minimum atomic E-state index is 0.156. The van der Waals surface area contributed by atoms with Gasteiger partial charge in [0.1, 0.15) is 12.0 Å². The molecule has 0 aliphatic rings. The molecule has 0 radical (unpaired) electrons. The number of carbonyl (C=O) groups is 1. The smallest absolute Gasteiger partial charge is 0.143 e. The fourth-order valence-electron chi connectivity index (χ4n) is 0.832. The molecular weight excluding hydrogens is 300 g/mol. The van der Waals surface area contributed by atoms with Gasteiger partial charge in [-0.05, 0) is 55.6 Å². The highest BCUT2D eigenvalue weighted by molar-refractivity contribution is 9.11. The van der Waals surface area contributed by atoms with E-state index in [1.165, 1.54) is 6.08 Å². The Bertz CT molecular complexity index is 336. The molecule has 0 fully saturated rings. The minimum absolute atomic E-state index is 0.156. The number of hydrogen-bond acceptors (Lipinski definition) is 2. The largest absolute Gasteiger partial charge is 0.506 e. The first-order chi connectivity index (χ1) is 6.15. The lowest BCUT2D eigenvalue weighted by Gasteiger charge is -2.01. The topological polar surface area (TPSA) is 37.3 Å². The van der Waals surface area contributed by atoms with Gasteiger partial charge in [-0.1, -0.05) is 6.08 Å². The van der Waals surface area contributed by atoms with E-state index in [4.69, 9.17) is 0 Å².